The first-order valence-corrected chi connectivity index (χ1v) is 8.06. The minimum atomic E-state index is -1.08. The molecule has 0 aliphatic rings. The minimum absolute atomic E-state index is 0.00627. The molecule has 0 spiro atoms. The lowest BCUT2D eigenvalue weighted by Gasteiger charge is -2.11. The molecule has 0 saturated heterocycles. The summed E-state index contributed by atoms with van der Waals surface area (Å²) in [7, 11) is 3.03. The highest BCUT2D eigenvalue weighted by atomic mass is 19.1. The molecule has 2 aromatic rings. The number of methoxy groups -OCH3 is 2. The smallest absolute Gasteiger partial charge is 0.252 e. The van der Waals surface area contributed by atoms with E-state index in [-0.39, 0.29) is 5.69 Å². The van der Waals surface area contributed by atoms with Crippen molar-refractivity contribution in [1.82, 2.24) is 5.43 Å². The molecule has 142 valence electrons. The predicted molar refractivity (Wildman–Crippen MR) is 99.5 cm³/mol. The fraction of sp³-hybridized carbons (Fsp3) is 0.211. The maximum atomic E-state index is 13.6. The number of hydrogen-bond donors (Lipinski definition) is 2. The summed E-state index contributed by atoms with van der Waals surface area (Å²) < 4.78 is 23.9. The van der Waals surface area contributed by atoms with E-state index in [1.165, 1.54) is 45.6 Å². The summed E-state index contributed by atoms with van der Waals surface area (Å²) in [5.74, 6) is -1.80. The predicted octanol–water partition coefficient (Wildman–Crippen LogP) is 2.57. The van der Waals surface area contributed by atoms with Gasteiger partial charge in [-0.15, -0.1) is 0 Å². The fourth-order valence-electron chi connectivity index (χ4n) is 2.13. The Balaban J connectivity index is 1.99. The van der Waals surface area contributed by atoms with Gasteiger partial charge in [0.1, 0.15) is 23.2 Å². The Labute approximate surface area is 156 Å². The largest absolute Gasteiger partial charge is 0.497 e. The van der Waals surface area contributed by atoms with Crippen LogP contribution in [0.4, 0.5) is 10.1 Å². The van der Waals surface area contributed by atoms with Gasteiger partial charge >= 0.3 is 0 Å². The maximum Gasteiger partial charge on any atom is 0.252 e. The molecule has 0 bridgehead atoms. The Morgan fingerprint density at radius 3 is 2.52 bits per heavy atom. The summed E-state index contributed by atoms with van der Waals surface area (Å²) in [4.78, 5) is 24.2. The number of anilines is 1. The molecule has 0 aliphatic heterocycles. The zero-order chi connectivity index (χ0) is 19.8. The van der Waals surface area contributed by atoms with E-state index in [1.54, 1.807) is 24.3 Å². The number of hydrazone groups is 1. The molecule has 1 unspecified atom stereocenters. The van der Waals surface area contributed by atoms with Crippen LogP contribution in [0.25, 0.3) is 0 Å². The first kappa shape index (κ1) is 19.9. The minimum Gasteiger partial charge on any atom is -0.497 e. The molecule has 2 amide bonds. The van der Waals surface area contributed by atoms with Gasteiger partial charge in [0.05, 0.1) is 26.1 Å². The molecule has 27 heavy (non-hydrogen) atoms. The number of nitrogens with one attached hydrogen (secondary N) is 2. The van der Waals surface area contributed by atoms with Gasteiger partial charge in [-0.2, -0.15) is 5.10 Å². The lowest BCUT2D eigenvalue weighted by molar-refractivity contribution is -0.131. The van der Waals surface area contributed by atoms with Crippen molar-refractivity contribution in [3.05, 3.63) is 53.8 Å². The van der Waals surface area contributed by atoms with Crippen molar-refractivity contribution >= 4 is 23.7 Å². The highest BCUT2D eigenvalue weighted by Crippen LogP contribution is 2.22. The molecular weight excluding hydrogens is 353 g/mol. The molecule has 0 aromatic heterocycles. The van der Waals surface area contributed by atoms with E-state index in [1.807, 2.05) is 0 Å². The second-order valence-electron chi connectivity index (χ2n) is 5.53. The number of carbonyl (C=O) groups excluding carboxylic acids is 2. The van der Waals surface area contributed by atoms with Gasteiger partial charge in [-0.1, -0.05) is 12.1 Å². The van der Waals surface area contributed by atoms with Crippen LogP contribution in [-0.2, 0) is 9.59 Å². The summed E-state index contributed by atoms with van der Waals surface area (Å²) in [6.07, 6.45) is 1.38. The number of para-hydroxylation sites is 1. The Bertz CT molecular complexity index is 855. The summed E-state index contributed by atoms with van der Waals surface area (Å²) in [6.45, 7) is 1.40. The van der Waals surface area contributed by atoms with Crippen molar-refractivity contribution in [2.75, 3.05) is 19.5 Å². The van der Waals surface area contributed by atoms with Crippen molar-refractivity contribution in [3.63, 3.8) is 0 Å². The van der Waals surface area contributed by atoms with Gasteiger partial charge in [0.15, 0.2) is 0 Å². The van der Waals surface area contributed by atoms with Crippen LogP contribution in [0.1, 0.15) is 12.5 Å². The van der Waals surface area contributed by atoms with Crippen molar-refractivity contribution in [1.29, 1.82) is 0 Å². The van der Waals surface area contributed by atoms with E-state index in [0.29, 0.717) is 17.1 Å². The van der Waals surface area contributed by atoms with Crippen LogP contribution in [0, 0.1) is 11.7 Å². The molecule has 8 heteroatoms. The summed E-state index contributed by atoms with van der Waals surface area (Å²) in [5.41, 5.74) is 2.87. The van der Waals surface area contributed by atoms with Gasteiger partial charge in [0.25, 0.3) is 5.91 Å². The molecule has 0 aliphatic carbocycles. The zero-order valence-corrected chi connectivity index (χ0v) is 15.2. The number of benzene rings is 2. The molecule has 1 atom stereocenters. The number of nitrogens with zero attached hydrogens (tertiary/aromatic N) is 1. The third-order valence-corrected chi connectivity index (χ3v) is 3.73. The first-order valence-electron chi connectivity index (χ1n) is 8.06. The van der Waals surface area contributed by atoms with Gasteiger partial charge in [-0.25, -0.2) is 9.82 Å². The Kier molecular flexibility index (Phi) is 6.87. The summed E-state index contributed by atoms with van der Waals surface area (Å²) >= 11 is 0. The van der Waals surface area contributed by atoms with Crippen molar-refractivity contribution in [2.24, 2.45) is 11.0 Å². The van der Waals surface area contributed by atoms with E-state index in [4.69, 9.17) is 9.47 Å². The van der Waals surface area contributed by atoms with Crippen LogP contribution >= 0.6 is 0 Å². The van der Waals surface area contributed by atoms with Gasteiger partial charge < -0.3 is 14.8 Å². The SMILES string of the molecule is COc1ccc(OC)c(C=NNC(=O)C(C)C(=O)Nc2ccccc2F)c1. The van der Waals surface area contributed by atoms with Crippen LogP contribution in [-0.4, -0.2) is 32.2 Å². The average Bonchev–Trinajstić information content (AvgIpc) is 2.68. The number of carbonyl (C=O) groups is 2. The lowest BCUT2D eigenvalue weighted by Crippen LogP contribution is -2.34. The lowest BCUT2D eigenvalue weighted by atomic mass is 10.1. The molecule has 2 rings (SSSR count). The highest BCUT2D eigenvalue weighted by molar-refractivity contribution is 6.06. The van der Waals surface area contributed by atoms with Crippen LogP contribution in [0.15, 0.2) is 47.6 Å². The number of amides is 2. The molecule has 0 fully saturated rings. The average molecular weight is 373 g/mol. The van der Waals surface area contributed by atoms with E-state index in [9.17, 15) is 14.0 Å². The first-order chi connectivity index (χ1) is 13.0. The summed E-state index contributed by atoms with van der Waals surface area (Å²) in [6, 6.07) is 10.8. The third kappa shape index (κ3) is 5.27. The van der Waals surface area contributed by atoms with Crippen molar-refractivity contribution in [3.8, 4) is 11.5 Å². The number of hydrogen-bond acceptors (Lipinski definition) is 5. The summed E-state index contributed by atoms with van der Waals surface area (Å²) in [5, 5.41) is 6.21. The maximum absolute atomic E-state index is 13.6. The third-order valence-electron chi connectivity index (χ3n) is 3.73. The molecule has 7 nitrogen and oxygen atoms in total. The van der Waals surface area contributed by atoms with Crippen molar-refractivity contribution < 1.29 is 23.5 Å². The van der Waals surface area contributed by atoms with E-state index < -0.39 is 23.5 Å². The van der Waals surface area contributed by atoms with Crippen LogP contribution in [0.3, 0.4) is 0 Å². The number of halogens is 1. The second-order valence-corrected chi connectivity index (χ2v) is 5.53. The standard InChI is InChI=1S/C19H20FN3O4/c1-12(18(24)22-16-7-5-4-6-15(16)20)19(25)23-21-11-13-10-14(26-2)8-9-17(13)27-3/h4-12H,1-3H3,(H,22,24)(H,23,25). The zero-order valence-electron chi connectivity index (χ0n) is 15.2. The van der Waals surface area contributed by atoms with Crippen LogP contribution in [0.2, 0.25) is 0 Å². The van der Waals surface area contributed by atoms with Crippen LogP contribution in [0.5, 0.6) is 11.5 Å². The number of ether oxygens (including phenoxy) is 2. The fourth-order valence-corrected chi connectivity index (χ4v) is 2.13. The molecule has 2 aromatic carbocycles. The van der Waals surface area contributed by atoms with E-state index >= 15 is 0 Å². The quantitative estimate of drug-likeness (QED) is 0.443. The molecule has 0 saturated carbocycles. The number of rotatable bonds is 7. The Hall–Kier alpha value is -3.42. The monoisotopic (exact) mass is 373 g/mol. The Morgan fingerprint density at radius 2 is 1.85 bits per heavy atom. The second kappa shape index (κ2) is 9.33. The van der Waals surface area contributed by atoms with E-state index in [2.05, 4.69) is 15.8 Å². The normalized spacial score (nSPS) is 11.7. The highest BCUT2D eigenvalue weighted by Gasteiger charge is 2.22. The van der Waals surface area contributed by atoms with E-state index in [0.717, 1.165) is 0 Å². The molecular formula is C19H20FN3O4. The van der Waals surface area contributed by atoms with Crippen LogP contribution < -0.4 is 20.2 Å². The van der Waals surface area contributed by atoms with Gasteiger partial charge in [0, 0.05) is 5.56 Å². The molecule has 0 heterocycles. The molecule has 0 radical (unpaired) electrons. The van der Waals surface area contributed by atoms with Gasteiger partial charge in [-0.3, -0.25) is 9.59 Å². The van der Waals surface area contributed by atoms with Gasteiger partial charge in [0.2, 0.25) is 5.91 Å². The van der Waals surface area contributed by atoms with Gasteiger partial charge in [-0.05, 0) is 37.3 Å². The Morgan fingerprint density at radius 1 is 1.11 bits per heavy atom. The topological polar surface area (TPSA) is 89.0 Å². The van der Waals surface area contributed by atoms with Crippen molar-refractivity contribution in [2.45, 2.75) is 6.92 Å². The molecule has 2 N–H and O–H groups in total.